The second-order valence-corrected chi connectivity index (χ2v) is 8.86. The van der Waals surface area contributed by atoms with Gasteiger partial charge in [0.05, 0.1) is 18.8 Å². The summed E-state index contributed by atoms with van der Waals surface area (Å²) < 4.78 is 29.1. The number of hydrogen-bond donors (Lipinski definition) is 0. The van der Waals surface area contributed by atoms with E-state index in [2.05, 4.69) is 24.0 Å². The fourth-order valence-corrected chi connectivity index (χ4v) is 3.22. The Balaban J connectivity index is 2.00. The van der Waals surface area contributed by atoms with Crippen molar-refractivity contribution in [2.24, 2.45) is 0 Å². The predicted molar refractivity (Wildman–Crippen MR) is 133 cm³/mol. The smallest absolute Gasteiger partial charge is 0.161 e. The van der Waals surface area contributed by atoms with Gasteiger partial charge < -0.3 is 28.6 Å². The molecule has 0 N–H and O–H groups in total. The molecule has 2 rings (SSSR count). The Kier molecular flexibility index (Phi) is 11.3. The minimum absolute atomic E-state index is 0.0298. The molecule has 0 amide bonds. The molecular weight excluding hydrogens is 418 g/mol. The van der Waals surface area contributed by atoms with Gasteiger partial charge in [0, 0.05) is 13.7 Å². The van der Waals surface area contributed by atoms with E-state index in [0.717, 1.165) is 47.9 Å². The summed E-state index contributed by atoms with van der Waals surface area (Å²) in [5.41, 5.74) is 2.33. The van der Waals surface area contributed by atoms with Crippen molar-refractivity contribution >= 4 is 0 Å². The summed E-state index contributed by atoms with van der Waals surface area (Å²) in [6, 6.07) is 12.2. The number of aryl methyl sites for hydroxylation is 2. The first kappa shape index (κ1) is 26.8. The van der Waals surface area contributed by atoms with Crippen LogP contribution in [0.1, 0.15) is 38.3 Å². The summed E-state index contributed by atoms with van der Waals surface area (Å²) in [5.74, 6) is 3.10. The second-order valence-electron chi connectivity index (χ2n) is 8.86. The number of likely N-dealkylation sites (N-methyl/N-ethyl adjacent to an activating group) is 1. The first-order valence-electron chi connectivity index (χ1n) is 11.7. The first-order chi connectivity index (χ1) is 15.8. The van der Waals surface area contributed by atoms with Gasteiger partial charge in [-0.3, -0.25) is 0 Å². The van der Waals surface area contributed by atoms with Gasteiger partial charge in [0.1, 0.15) is 13.2 Å². The van der Waals surface area contributed by atoms with E-state index < -0.39 is 0 Å². The van der Waals surface area contributed by atoms with Crippen LogP contribution in [-0.2, 0) is 11.2 Å². The highest BCUT2D eigenvalue weighted by Crippen LogP contribution is 2.32. The molecule has 0 bridgehead atoms. The third-order valence-corrected chi connectivity index (χ3v) is 4.98. The molecule has 0 aliphatic heterocycles. The van der Waals surface area contributed by atoms with E-state index in [1.807, 2.05) is 59.1 Å². The quantitative estimate of drug-likeness (QED) is 0.344. The fraction of sp³-hybridized carbons (Fsp3) is 0.556. The monoisotopic (exact) mass is 459 g/mol. The third-order valence-electron chi connectivity index (χ3n) is 4.98. The molecule has 2 aromatic carbocycles. The average molecular weight is 460 g/mol. The lowest BCUT2D eigenvalue weighted by Crippen LogP contribution is -2.20. The summed E-state index contributed by atoms with van der Waals surface area (Å²) in [6.07, 6.45) is 1.86. The number of methoxy groups -OCH3 is 1. The van der Waals surface area contributed by atoms with Crippen LogP contribution in [-0.4, -0.2) is 64.7 Å². The molecular formula is C27H41NO5. The zero-order valence-electron chi connectivity index (χ0n) is 21.3. The van der Waals surface area contributed by atoms with Crippen molar-refractivity contribution < 1.29 is 23.7 Å². The number of benzene rings is 2. The second kappa shape index (κ2) is 14.0. The normalized spacial score (nSPS) is 12.2. The van der Waals surface area contributed by atoms with Crippen LogP contribution in [0.25, 0.3) is 0 Å². The van der Waals surface area contributed by atoms with Gasteiger partial charge in [0.25, 0.3) is 0 Å². The molecule has 0 saturated carbocycles. The molecule has 6 nitrogen and oxygen atoms in total. The molecule has 0 aliphatic carbocycles. The Bertz CT molecular complexity index is 837. The van der Waals surface area contributed by atoms with E-state index >= 15 is 0 Å². The number of hydrogen-bond acceptors (Lipinski definition) is 6. The fourth-order valence-electron chi connectivity index (χ4n) is 3.22. The SMILES string of the molecule is COCCOc1cc(C)ccc1OC(C)CCc1ccc(OC(C)C)c(OCCN(C)C)c1. The summed E-state index contributed by atoms with van der Waals surface area (Å²) >= 11 is 0. The topological polar surface area (TPSA) is 49.4 Å². The van der Waals surface area contributed by atoms with E-state index in [1.165, 1.54) is 5.56 Å². The molecule has 0 radical (unpaired) electrons. The van der Waals surface area contributed by atoms with E-state index in [1.54, 1.807) is 7.11 Å². The van der Waals surface area contributed by atoms with Crippen LogP contribution in [0.15, 0.2) is 36.4 Å². The molecule has 184 valence electrons. The largest absolute Gasteiger partial charge is 0.488 e. The van der Waals surface area contributed by atoms with Gasteiger partial charge in [-0.2, -0.15) is 0 Å². The molecule has 0 heterocycles. The molecule has 2 aromatic rings. The van der Waals surface area contributed by atoms with Gasteiger partial charge in [0.15, 0.2) is 23.0 Å². The number of rotatable bonds is 15. The van der Waals surface area contributed by atoms with Gasteiger partial charge in [-0.1, -0.05) is 12.1 Å². The lowest BCUT2D eigenvalue weighted by atomic mass is 10.1. The van der Waals surface area contributed by atoms with Gasteiger partial charge in [-0.15, -0.1) is 0 Å². The highest BCUT2D eigenvalue weighted by atomic mass is 16.5. The van der Waals surface area contributed by atoms with Crippen LogP contribution in [0.4, 0.5) is 0 Å². The van der Waals surface area contributed by atoms with Gasteiger partial charge in [-0.25, -0.2) is 0 Å². The maximum absolute atomic E-state index is 6.22. The first-order valence-corrected chi connectivity index (χ1v) is 11.7. The average Bonchev–Trinajstić information content (AvgIpc) is 2.75. The molecule has 0 fully saturated rings. The van der Waals surface area contributed by atoms with Crippen molar-refractivity contribution in [1.29, 1.82) is 0 Å². The molecule has 0 spiro atoms. The molecule has 0 aliphatic rings. The Morgan fingerprint density at radius 1 is 0.788 bits per heavy atom. The predicted octanol–water partition coefficient (Wildman–Crippen LogP) is 5.15. The van der Waals surface area contributed by atoms with Crippen LogP contribution >= 0.6 is 0 Å². The van der Waals surface area contributed by atoms with Crippen LogP contribution in [0.5, 0.6) is 23.0 Å². The van der Waals surface area contributed by atoms with Crippen molar-refractivity contribution in [2.45, 2.75) is 52.7 Å². The maximum Gasteiger partial charge on any atom is 0.161 e. The van der Waals surface area contributed by atoms with E-state index in [-0.39, 0.29) is 12.2 Å². The van der Waals surface area contributed by atoms with Gasteiger partial charge in [-0.05, 0) is 90.0 Å². The van der Waals surface area contributed by atoms with Crippen LogP contribution in [0, 0.1) is 6.92 Å². The Morgan fingerprint density at radius 2 is 1.45 bits per heavy atom. The molecule has 1 unspecified atom stereocenters. The van der Waals surface area contributed by atoms with Crippen LogP contribution in [0.2, 0.25) is 0 Å². The van der Waals surface area contributed by atoms with Crippen molar-refractivity contribution in [3.05, 3.63) is 47.5 Å². The van der Waals surface area contributed by atoms with E-state index in [0.29, 0.717) is 19.8 Å². The lowest BCUT2D eigenvalue weighted by molar-refractivity contribution is 0.139. The Morgan fingerprint density at radius 3 is 2.15 bits per heavy atom. The van der Waals surface area contributed by atoms with Crippen molar-refractivity contribution in [3.8, 4) is 23.0 Å². The standard InChI is InChI=1S/C27H41NO5/c1-20(2)32-24-13-11-23(19-27(24)30-15-14-28(5)6)10-9-22(4)33-25-12-8-21(3)18-26(25)31-17-16-29-7/h8,11-13,18-20,22H,9-10,14-17H2,1-7H3. The zero-order valence-corrected chi connectivity index (χ0v) is 21.3. The van der Waals surface area contributed by atoms with Crippen molar-refractivity contribution in [3.63, 3.8) is 0 Å². The summed E-state index contributed by atoms with van der Waals surface area (Å²) in [4.78, 5) is 2.10. The molecule has 1 atom stereocenters. The molecule has 0 saturated heterocycles. The van der Waals surface area contributed by atoms with Gasteiger partial charge in [0.2, 0.25) is 0 Å². The van der Waals surface area contributed by atoms with E-state index in [4.69, 9.17) is 23.7 Å². The summed E-state index contributed by atoms with van der Waals surface area (Å²) in [6.45, 7) is 10.7. The summed E-state index contributed by atoms with van der Waals surface area (Å²) in [7, 11) is 5.74. The molecule has 0 aromatic heterocycles. The number of ether oxygens (including phenoxy) is 5. The highest BCUT2D eigenvalue weighted by Gasteiger charge is 2.13. The zero-order chi connectivity index (χ0) is 24.2. The Labute approximate surface area is 199 Å². The third kappa shape index (κ3) is 9.93. The summed E-state index contributed by atoms with van der Waals surface area (Å²) in [5, 5.41) is 0. The maximum atomic E-state index is 6.22. The molecule has 33 heavy (non-hydrogen) atoms. The minimum atomic E-state index is 0.0298. The van der Waals surface area contributed by atoms with Crippen molar-refractivity contribution in [1.82, 2.24) is 4.90 Å². The van der Waals surface area contributed by atoms with Crippen molar-refractivity contribution in [2.75, 3.05) is 47.6 Å². The Hall–Kier alpha value is -2.44. The number of nitrogens with zero attached hydrogens (tertiary/aromatic N) is 1. The van der Waals surface area contributed by atoms with Crippen LogP contribution < -0.4 is 18.9 Å². The minimum Gasteiger partial charge on any atom is -0.488 e. The van der Waals surface area contributed by atoms with E-state index in [9.17, 15) is 0 Å². The van der Waals surface area contributed by atoms with Crippen LogP contribution in [0.3, 0.4) is 0 Å². The highest BCUT2D eigenvalue weighted by molar-refractivity contribution is 5.44. The lowest BCUT2D eigenvalue weighted by Gasteiger charge is -2.19. The van der Waals surface area contributed by atoms with Gasteiger partial charge >= 0.3 is 0 Å². The molecule has 6 heteroatoms.